The summed E-state index contributed by atoms with van der Waals surface area (Å²) in [5, 5.41) is 0. The molecule has 0 radical (unpaired) electrons. The lowest BCUT2D eigenvalue weighted by Crippen LogP contribution is -2.21. The van der Waals surface area contributed by atoms with Gasteiger partial charge < -0.3 is 0 Å². The van der Waals surface area contributed by atoms with Crippen LogP contribution in [-0.2, 0) is 0 Å². The van der Waals surface area contributed by atoms with Gasteiger partial charge in [-0.05, 0) is 54.6 Å². The van der Waals surface area contributed by atoms with Gasteiger partial charge in [0.2, 0.25) is 0 Å². The van der Waals surface area contributed by atoms with Gasteiger partial charge in [0.25, 0.3) is 0 Å². The Labute approximate surface area is 143 Å². The van der Waals surface area contributed by atoms with E-state index >= 15 is 0 Å². The van der Waals surface area contributed by atoms with Gasteiger partial charge in [0.1, 0.15) is 0 Å². The Hall–Kier alpha value is -1.04. The lowest BCUT2D eigenvalue weighted by atomic mass is 9.69. The fourth-order valence-electron chi connectivity index (χ4n) is 5.05. The first-order valence-corrected chi connectivity index (χ1v) is 10.1. The molecule has 2 fully saturated rings. The van der Waals surface area contributed by atoms with Gasteiger partial charge >= 0.3 is 0 Å². The first kappa shape index (κ1) is 16.8. The smallest absolute Gasteiger partial charge is 0.0194 e. The molecule has 0 aliphatic heterocycles. The Morgan fingerprint density at radius 2 is 1.22 bits per heavy atom. The minimum atomic E-state index is 0.635. The topological polar surface area (TPSA) is 0 Å². The molecular weight excluding hydrogens is 276 g/mol. The van der Waals surface area contributed by atoms with Crippen molar-refractivity contribution in [3.8, 4) is 0 Å². The largest absolute Gasteiger partial charge is 0.0622 e. The van der Waals surface area contributed by atoms with Crippen molar-refractivity contribution in [3.05, 3.63) is 41.5 Å². The van der Waals surface area contributed by atoms with Crippen LogP contribution in [0.4, 0.5) is 0 Å². The van der Waals surface area contributed by atoms with Crippen LogP contribution in [0.3, 0.4) is 0 Å². The van der Waals surface area contributed by atoms with E-state index in [1.54, 1.807) is 5.57 Å². The molecule has 23 heavy (non-hydrogen) atoms. The molecule has 0 N–H and O–H groups in total. The maximum Gasteiger partial charge on any atom is -0.0194 e. The molecule has 1 aromatic rings. The van der Waals surface area contributed by atoms with Crippen LogP contribution in [0.1, 0.15) is 83.6 Å². The zero-order valence-corrected chi connectivity index (χ0v) is 15.2. The van der Waals surface area contributed by atoms with Gasteiger partial charge in [0, 0.05) is 0 Å². The van der Waals surface area contributed by atoms with E-state index in [4.69, 9.17) is 0 Å². The number of allylic oxidation sites excluding steroid dienone is 2. The standard InChI is InChI=1S/C23H34/c1-18(2)22(19-12-6-3-7-13-19)23(20-14-8-4-9-15-20)21-16-10-5-11-17-21/h3,6-7,12-13,18,20-21H,4-5,8-11,14-17H2,1-2H3. The van der Waals surface area contributed by atoms with Crippen molar-refractivity contribution < 1.29 is 0 Å². The van der Waals surface area contributed by atoms with Crippen molar-refractivity contribution in [3.63, 3.8) is 0 Å². The monoisotopic (exact) mass is 310 g/mol. The second kappa shape index (κ2) is 8.18. The maximum absolute atomic E-state index is 2.41. The highest BCUT2D eigenvalue weighted by Gasteiger charge is 2.29. The van der Waals surface area contributed by atoms with E-state index in [0.717, 1.165) is 11.8 Å². The summed E-state index contributed by atoms with van der Waals surface area (Å²) >= 11 is 0. The summed E-state index contributed by atoms with van der Waals surface area (Å²) in [7, 11) is 0. The van der Waals surface area contributed by atoms with Gasteiger partial charge in [-0.25, -0.2) is 0 Å². The molecule has 0 saturated heterocycles. The summed E-state index contributed by atoms with van der Waals surface area (Å²) in [4.78, 5) is 0. The maximum atomic E-state index is 2.41. The van der Waals surface area contributed by atoms with Crippen LogP contribution < -0.4 is 0 Å². The molecule has 126 valence electrons. The zero-order chi connectivity index (χ0) is 16.1. The summed E-state index contributed by atoms with van der Waals surface area (Å²) in [6.45, 7) is 4.82. The van der Waals surface area contributed by atoms with E-state index in [2.05, 4.69) is 44.2 Å². The molecule has 0 spiro atoms. The Bertz CT molecular complexity index is 476. The van der Waals surface area contributed by atoms with Crippen LogP contribution in [0.25, 0.3) is 5.57 Å². The Balaban J connectivity index is 2.04. The summed E-state index contributed by atoms with van der Waals surface area (Å²) < 4.78 is 0. The molecule has 0 unspecified atom stereocenters. The molecule has 3 rings (SSSR count). The molecule has 0 nitrogen and oxygen atoms in total. The van der Waals surface area contributed by atoms with E-state index in [-0.39, 0.29) is 0 Å². The third kappa shape index (κ3) is 4.08. The molecule has 0 bridgehead atoms. The summed E-state index contributed by atoms with van der Waals surface area (Å²) in [5.74, 6) is 2.37. The SMILES string of the molecule is CC(C)C(=C(C1CCCCC1)C1CCCCC1)c1ccccc1. The van der Waals surface area contributed by atoms with E-state index in [1.165, 1.54) is 69.8 Å². The summed E-state index contributed by atoms with van der Waals surface area (Å²) in [6.07, 6.45) is 14.4. The third-order valence-corrected chi connectivity index (χ3v) is 6.06. The predicted molar refractivity (Wildman–Crippen MR) is 101 cm³/mol. The molecule has 0 aromatic heterocycles. The quantitative estimate of drug-likeness (QED) is 0.549. The minimum absolute atomic E-state index is 0.635. The normalized spacial score (nSPS) is 20.7. The fourth-order valence-corrected chi connectivity index (χ4v) is 5.05. The predicted octanol–water partition coefficient (Wildman–Crippen LogP) is 7.26. The van der Waals surface area contributed by atoms with Crippen LogP contribution in [0.15, 0.2) is 35.9 Å². The van der Waals surface area contributed by atoms with Crippen molar-refractivity contribution in [1.82, 2.24) is 0 Å². The zero-order valence-electron chi connectivity index (χ0n) is 15.2. The second-order valence-corrected chi connectivity index (χ2v) is 8.06. The van der Waals surface area contributed by atoms with Crippen LogP contribution in [0.2, 0.25) is 0 Å². The van der Waals surface area contributed by atoms with Crippen molar-refractivity contribution in [2.24, 2.45) is 17.8 Å². The van der Waals surface area contributed by atoms with Gasteiger partial charge in [-0.15, -0.1) is 0 Å². The number of hydrogen-bond donors (Lipinski definition) is 0. The highest BCUT2D eigenvalue weighted by Crippen LogP contribution is 2.45. The van der Waals surface area contributed by atoms with Crippen LogP contribution >= 0.6 is 0 Å². The molecule has 1 aromatic carbocycles. The van der Waals surface area contributed by atoms with Crippen molar-refractivity contribution in [2.45, 2.75) is 78.1 Å². The van der Waals surface area contributed by atoms with Crippen LogP contribution in [-0.4, -0.2) is 0 Å². The van der Waals surface area contributed by atoms with Gasteiger partial charge in [0.05, 0.1) is 0 Å². The Morgan fingerprint density at radius 3 is 1.65 bits per heavy atom. The molecule has 0 atom stereocenters. The first-order chi connectivity index (χ1) is 11.3. The Morgan fingerprint density at radius 1 is 0.739 bits per heavy atom. The minimum Gasteiger partial charge on any atom is -0.0622 e. The molecule has 2 aliphatic rings. The molecule has 2 saturated carbocycles. The molecule has 0 heterocycles. The molecule has 0 heteroatoms. The molecular formula is C23H34. The van der Waals surface area contributed by atoms with Crippen LogP contribution in [0.5, 0.6) is 0 Å². The van der Waals surface area contributed by atoms with Gasteiger partial charge in [0.15, 0.2) is 0 Å². The van der Waals surface area contributed by atoms with Crippen molar-refractivity contribution in [1.29, 1.82) is 0 Å². The second-order valence-electron chi connectivity index (χ2n) is 8.06. The summed E-state index contributed by atoms with van der Waals surface area (Å²) in [6, 6.07) is 11.3. The lowest BCUT2D eigenvalue weighted by molar-refractivity contribution is 0.326. The van der Waals surface area contributed by atoms with Gasteiger partial charge in [-0.3, -0.25) is 0 Å². The van der Waals surface area contributed by atoms with Crippen LogP contribution in [0, 0.1) is 17.8 Å². The van der Waals surface area contributed by atoms with E-state index in [9.17, 15) is 0 Å². The Kier molecular flexibility index (Phi) is 5.97. The van der Waals surface area contributed by atoms with E-state index < -0.39 is 0 Å². The number of benzene rings is 1. The average molecular weight is 311 g/mol. The van der Waals surface area contributed by atoms with Crippen molar-refractivity contribution >= 4 is 5.57 Å². The molecule has 0 amide bonds. The molecule has 2 aliphatic carbocycles. The van der Waals surface area contributed by atoms with E-state index in [0.29, 0.717) is 5.92 Å². The van der Waals surface area contributed by atoms with E-state index in [1.807, 2.05) is 5.57 Å². The average Bonchev–Trinajstić information content (AvgIpc) is 2.61. The fraction of sp³-hybridized carbons (Fsp3) is 0.652. The number of rotatable bonds is 4. The highest BCUT2D eigenvalue weighted by molar-refractivity contribution is 5.71. The summed E-state index contributed by atoms with van der Waals surface area (Å²) in [5.41, 5.74) is 5.07. The number of hydrogen-bond acceptors (Lipinski definition) is 0. The highest BCUT2D eigenvalue weighted by atomic mass is 14.3. The van der Waals surface area contributed by atoms with Crippen molar-refractivity contribution in [2.75, 3.05) is 0 Å². The van der Waals surface area contributed by atoms with Gasteiger partial charge in [-0.1, -0.05) is 88.3 Å². The third-order valence-electron chi connectivity index (χ3n) is 6.06. The first-order valence-electron chi connectivity index (χ1n) is 10.1. The lowest BCUT2D eigenvalue weighted by Gasteiger charge is -2.36. The van der Waals surface area contributed by atoms with Gasteiger partial charge in [-0.2, -0.15) is 0 Å².